The molecule has 0 aliphatic carbocycles. The first-order chi connectivity index (χ1) is 8.22. The van der Waals surface area contributed by atoms with Crippen LogP contribution < -0.4 is 5.32 Å². The minimum Gasteiger partial charge on any atom is -0.323 e. The van der Waals surface area contributed by atoms with Gasteiger partial charge in [0.1, 0.15) is 0 Å². The number of hydrogen-bond donors (Lipinski definition) is 1. The van der Waals surface area contributed by atoms with E-state index in [0.717, 1.165) is 17.2 Å². The first-order valence-electron chi connectivity index (χ1n) is 5.26. The van der Waals surface area contributed by atoms with Crippen molar-refractivity contribution in [3.63, 3.8) is 0 Å². The fourth-order valence-corrected chi connectivity index (χ4v) is 1.96. The van der Waals surface area contributed by atoms with Crippen LogP contribution in [0.1, 0.15) is 12.5 Å². The lowest BCUT2D eigenvalue weighted by Crippen LogP contribution is -2.17. The van der Waals surface area contributed by atoms with Crippen molar-refractivity contribution < 1.29 is 9.63 Å². The average Bonchev–Trinajstić information content (AvgIpc) is 2.37. The van der Waals surface area contributed by atoms with Crippen molar-refractivity contribution in [1.29, 1.82) is 0 Å². The third-order valence-corrected chi connectivity index (χ3v) is 3.07. The first kappa shape index (κ1) is 13.6. The van der Waals surface area contributed by atoms with Crippen LogP contribution in [-0.4, -0.2) is 24.6 Å². The zero-order valence-electron chi connectivity index (χ0n) is 9.97. The third kappa shape index (κ3) is 5.97. The van der Waals surface area contributed by atoms with Gasteiger partial charge < -0.3 is 5.32 Å². The summed E-state index contributed by atoms with van der Waals surface area (Å²) >= 11 is 1.73. The van der Waals surface area contributed by atoms with E-state index < -0.39 is 6.09 Å². The van der Waals surface area contributed by atoms with Gasteiger partial charge in [-0.3, -0.25) is 4.84 Å². The van der Waals surface area contributed by atoms with Gasteiger partial charge in [-0.05, 0) is 12.5 Å². The molecule has 17 heavy (non-hydrogen) atoms. The Kier molecular flexibility index (Phi) is 6.17. The lowest BCUT2D eigenvalue weighted by molar-refractivity contribution is 0.153. The van der Waals surface area contributed by atoms with Crippen LogP contribution in [0.2, 0.25) is 0 Å². The number of nitrogens with one attached hydrogen (secondary N) is 1. The molecule has 0 aliphatic rings. The fraction of sp³-hybridized carbons (Fsp3) is 0.333. The number of carbonyl (C=O) groups excluding carboxylic acids is 1. The molecule has 0 saturated carbocycles. The highest BCUT2D eigenvalue weighted by Gasteiger charge is 1.98. The quantitative estimate of drug-likeness (QED) is 0.498. The molecule has 0 aromatic heterocycles. The summed E-state index contributed by atoms with van der Waals surface area (Å²) < 4.78 is 0. The van der Waals surface area contributed by atoms with Crippen LogP contribution in [0.15, 0.2) is 35.5 Å². The summed E-state index contributed by atoms with van der Waals surface area (Å²) in [6, 6.07) is 10.2. The maximum atomic E-state index is 10.8. The van der Waals surface area contributed by atoms with Gasteiger partial charge in [0.2, 0.25) is 0 Å². The van der Waals surface area contributed by atoms with Crippen LogP contribution in [0.3, 0.4) is 0 Å². The molecular weight excluding hydrogens is 236 g/mol. The summed E-state index contributed by atoms with van der Waals surface area (Å²) in [5, 5.41) is 6.04. The van der Waals surface area contributed by atoms with Crippen molar-refractivity contribution in [2.45, 2.75) is 12.7 Å². The van der Waals surface area contributed by atoms with Crippen LogP contribution in [0.25, 0.3) is 0 Å². The highest BCUT2D eigenvalue weighted by molar-refractivity contribution is 7.99. The molecule has 1 N–H and O–H groups in total. The largest absolute Gasteiger partial charge is 0.433 e. The van der Waals surface area contributed by atoms with Crippen LogP contribution in [0.5, 0.6) is 0 Å². The Hall–Kier alpha value is -1.49. The molecule has 0 fully saturated rings. The molecular formula is C12H16N2O2S. The Morgan fingerprint density at radius 2 is 2.12 bits per heavy atom. The fourth-order valence-electron chi connectivity index (χ4n) is 1.08. The molecule has 0 heterocycles. The molecule has 0 radical (unpaired) electrons. The monoisotopic (exact) mass is 252 g/mol. The molecule has 0 bridgehead atoms. The summed E-state index contributed by atoms with van der Waals surface area (Å²) in [6.07, 6.45) is -0.544. The zero-order valence-corrected chi connectivity index (χ0v) is 10.8. The number of hydrogen-bond acceptors (Lipinski definition) is 4. The molecule has 0 unspecified atom stereocenters. The van der Waals surface area contributed by atoms with Gasteiger partial charge in [0, 0.05) is 18.6 Å². The minimum absolute atomic E-state index is 0.544. The molecule has 92 valence electrons. The maximum absolute atomic E-state index is 10.8. The number of rotatable bonds is 5. The Balaban J connectivity index is 2.24. The summed E-state index contributed by atoms with van der Waals surface area (Å²) in [5.74, 6) is 1.67. The van der Waals surface area contributed by atoms with Gasteiger partial charge in [0.05, 0.1) is 5.71 Å². The van der Waals surface area contributed by atoms with Crippen LogP contribution >= 0.6 is 11.8 Å². The number of amides is 1. The summed E-state index contributed by atoms with van der Waals surface area (Å²) in [7, 11) is 1.50. The predicted octanol–water partition coefficient (Wildman–Crippen LogP) is 2.65. The van der Waals surface area contributed by atoms with Crippen LogP contribution in [0, 0.1) is 0 Å². The molecule has 1 aromatic carbocycles. The molecule has 1 rings (SSSR count). The predicted molar refractivity (Wildman–Crippen MR) is 71.3 cm³/mol. The molecule has 0 saturated heterocycles. The molecule has 1 amide bonds. The standard InChI is InChI=1S/C12H16N2O2S/c1-10(14-16-12(15)13-2)8-17-9-11-6-4-3-5-7-11/h3-7H,8-9H2,1-2H3,(H,13,15). The Labute approximate surface area is 105 Å². The first-order valence-corrected chi connectivity index (χ1v) is 6.41. The number of oxime groups is 1. The third-order valence-electron chi connectivity index (χ3n) is 1.91. The molecule has 0 atom stereocenters. The lowest BCUT2D eigenvalue weighted by atomic mass is 10.2. The van der Waals surface area contributed by atoms with Gasteiger partial charge in [0.25, 0.3) is 0 Å². The van der Waals surface area contributed by atoms with Crippen molar-refractivity contribution >= 4 is 23.6 Å². The minimum atomic E-state index is -0.544. The summed E-state index contributed by atoms with van der Waals surface area (Å²) in [4.78, 5) is 15.3. The molecule has 1 aromatic rings. The summed E-state index contributed by atoms with van der Waals surface area (Å²) in [5.41, 5.74) is 2.06. The number of carbonyl (C=O) groups is 1. The number of nitrogens with zero attached hydrogens (tertiary/aromatic N) is 1. The van der Waals surface area contributed by atoms with E-state index in [2.05, 4.69) is 27.4 Å². The molecule has 5 heteroatoms. The second kappa shape index (κ2) is 7.73. The van der Waals surface area contributed by atoms with E-state index in [1.165, 1.54) is 12.6 Å². The van der Waals surface area contributed by atoms with Crippen molar-refractivity contribution in [3.8, 4) is 0 Å². The highest BCUT2D eigenvalue weighted by atomic mass is 32.2. The number of thioether (sulfide) groups is 1. The van der Waals surface area contributed by atoms with Gasteiger partial charge in [-0.25, -0.2) is 4.79 Å². The Morgan fingerprint density at radius 1 is 1.41 bits per heavy atom. The molecule has 0 aliphatic heterocycles. The van der Waals surface area contributed by atoms with Gasteiger partial charge in [0.15, 0.2) is 0 Å². The van der Waals surface area contributed by atoms with E-state index >= 15 is 0 Å². The second-order valence-corrected chi connectivity index (χ2v) is 4.42. The highest BCUT2D eigenvalue weighted by Crippen LogP contribution is 2.11. The smallest absolute Gasteiger partial charge is 0.323 e. The number of benzene rings is 1. The van der Waals surface area contributed by atoms with Crippen molar-refractivity contribution in [2.24, 2.45) is 5.16 Å². The van der Waals surface area contributed by atoms with E-state index in [4.69, 9.17) is 0 Å². The normalized spacial score (nSPS) is 11.1. The van der Waals surface area contributed by atoms with E-state index in [1.54, 1.807) is 11.8 Å². The molecule has 0 spiro atoms. The van der Waals surface area contributed by atoms with Crippen molar-refractivity contribution in [2.75, 3.05) is 12.8 Å². The van der Waals surface area contributed by atoms with E-state index in [-0.39, 0.29) is 0 Å². The van der Waals surface area contributed by atoms with E-state index in [1.807, 2.05) is 25.1 Å². The SMILES string of the molecule is CNC(=O)ON=C(C)CSCc1ccccc1. The average molecular weight is 252 g/mol. The Morgan fingerprint density at radius 3 is 2.76 bits per heavy atom. The molecule has 4 nitrogen and oxygen atoms in total. The van der Waals surface area contributed by atoms with E-state index in [9.17, 15) is 4.79 Å². The van der Waals surface area contributed by atoms with Crippen molar-refractivity contribution in [3.05, 3.63) is 35.9 Å². The van der Waals surface area contributed by atoms with Crippen LogP contribution in [-0.2, 0) is 10.6 Å². The van der Waals surface area contributed by atoms with Gasteiger partial charge in [-0.1, -0.05) is 35.5 Å². The topological polar surface area (TPSA) is 50.7 Å². The van der Waals surface area contributed by atoms with Gasteiger partial charge in [-0.15, -0.1) is 0 Å². The van der Waals surface area contributed by atoms with Crippen molar-refractivity contribution in [1.82, 2.24) is 5.32 Å². The summed E-state index contributed by atoms with van der Waals surface area (Å²) in [6.45, 7) is 1.83. The zero-order chi connectivity index (χ0) is 12.5. The van der Waals surface area contributed by atoms with E-state index in [0.29, 0.717) is 0 Å². The van der Waals surface area contributed by atoms with Crippen LogP contribution in [0.4, 0.5) is 4.79 Å². The second-order valence-electron chi connectivity index (χ2n) is 3.43. The lowest BCUT2D eigenvalue weighted by Gasteiger charge is -2.01. The maximum Gasteiger partial charge on any atom is 0.433 e. The Bertz CT molecular complexity index is 379. The van der Waals surface area contributed by atoms with Gasteiger partial charge in [-0.2, -0.15) is 11.8 Å². The van der Waals surface area contributed by atoms with Gasteiger partial charge >= 0.3 is 6.09 Å².